The predicted octanol–water partition coefficient (Wildman–Crippen LogP) is 24.3. The number of hydrogen-bond donors (Lipinski definition) is 1. The molecule has 0 rings (SSSR count). The van der Waals surface area contributed by atoms with Crippen LogP contribution in [0.2, 0.25) is 0 Å². The monoisotopic (exact) mass is 1250 g/mol. The van der Waals surface area contributed by atoms with E-state index in [-0.39, 0.29) is 32.0 Å². The SMILES string of the molecule is CC/C=C\C/C=C\C/C=C\C/C=C\C/C=C\CCCCCCCCCCCCCCCCCCCCCCCCCCCC(=O)OC(COC(=O)CCCCCCCCCC/C=C\C/C=C\C/C=C\CCCCCCC)COP(=O)(O)OCC[N+](C)(C)C. The van der Waals surface area contributed by atoms with Crippen LogP contribution < -0.4 is 0 Å². The highest BCUT2D eigenvalue weighted by molar-refractivity contribution is 7.47. The van der Waals surface area contributed by atoms with E-state index in [2.05, 4.69) is 111 Å². The molecule has 0 aromatic rings. The largest absolute Gasteiger partial charge is 0.472 e. The Morgan fingerprint density at radius 1 is 0.364 bits per heavy atom. The first-order valence-electron chi connectivity index (χ1n) is 37.0. The van der Waals surface area contributed by atoms with Crippen molar-refractivity contribution in [2.24, 2.45) is 0 Å². The van der Waals surface area contributed by atoms with Crippen LogP contribution >= 0.6 is 7.82 Å². The van der Waals surface area contributed by atoms with Gasteiger partial charge in [0, 0.05) is 12.8 Å². The third-order valence-corrected chi connectivity index (χ3v) is 17.1. The quantitative estimate of drug-likeness (QED) is 0.0211. The van der Waals surface area contributed by atoms with Gasteiger partial charge in [0.25, 0.3) is 0 Å². The predicted molar refractivity (Wildman–Crippen MR) is 381 cm³/mol. The molecule has 0 aliphatic rings. The molecule has 10 heteroatoms. The van der Waals surface area contributed by atoms with Crippen molar-refractivity contribution in [2.45, 2.75) is 341 Å². The summed E-state index contributed by atoms with van der Waals surface area (Å²) in [5, 5.41) is 0. The number of unbranched alkanes of at least 4 members (excludes halogenated alkanes) is 38. The zero-order valence-corrected chi connectivity index (χ0v) is 59.1. The summed E-state index contributed by atoms with van der Waals surface area (Å²) in [5.74, 6) is -0.794. The van der Waals surface area contributed by atoms with E-state index in [0.29, 0.717) is 17.4 Å². The lowest BCUT2D eigenvalue weighted by Crippen LogP contribution is -2.37. The number of hydrogen-bond acceptors (Lipinski definition) is 7. The Hall–Kier alpha value is -3.07. The topological polar surface area (TPSA) is 108 Å². The van der Waals surface area contributed by atoms with Crippen molar-refractivity contribution in [3.63, 3.8) is 0 Å². The van der Waals surface area contributed by atoms with Gasteiger partial charge in [-0.25, -0.2) is 4.57 Å². The zero-order chi connectivity index (χ0) is 64.1. The molecular weight excluding hydrogens is 1110 g/mol. The fourth-order valence-electron chi connectivity index (χ4n) is 10.5. The Morgan fingerprint density at radius 3 is 0.966 bits per heavy atom. The van der Waals surface area contributed by atoms with E-state index in [9.17, 15) is 19.0 Å². The first-order chi connectivity index (χ1) is 43.0. The maximum absolute atomic E-state index is 12.9. The van der Waals surface area contributed by atoms with Crippen LogP contribution in [0.3, 0.4) is 0 Å². The number of esters is 2. The van der Waals surface area contributed by atoms with Gasteiger partial charge in [-0.3, -0.25) is 18.6 Å². The molecule has 1 N–H and O–H groups in total. The van der Waals surface area contributed by atoms with Crippen molar-refractivity contribution >= 4 is 19.8 Å². The summed E-state index contributed by atoms with van der Waals surface area (Å²) in [5.41, 5.74) is 0. The Bertz CT molecular complexity index is 1810. The number of carbonyl (C=O) groups is 2. The maximum atomic E-state index is 12.9. The van der Waals surface area contributed by atoms with Crippen molar-refractivity contribution in [3.8, 4) is 0 Å². The number of carbonyl (C=O) groups excluding carboxylic acids is 2. The van der Waals surface area contributed by atoms with Crippen molar-refractivity contribution in [1.29, 1.82) is 0 Å². The van der Waals surface area contributed by atoms with Gasteiger partial charge in [0.05, 0.1) is 27.7 Å². The van der Waals surface area contributed by atoms with Crippen LogP contribution in [0.5, 0.6) is 0 Å². The van der Waals surface area contributed by atoms with Gasteiger partial charge in [0.2, 0.25) is 0 Å². The van der Waals surface area contributed by atoms with E-state index < -0.39 is 26.5 Å². The number of nitrogens with zero attached hydrogens (tertiary/aromatic N) is 1. The fraction of sp³-hybridized carbons (Fsp3) is 0.769. The lowest BCUT2D eigenvalue weighted by atomic mass is 10.0. The third kappa shape index (κ3) is 72.0. The van der Waals surface area contributed by atoms with Crippen LogP contribution in [0.1, 0.15) is 335 Å². The number of phosphoric ester groups is 1. The smallest absolute Gasteiger partial charge is 0.462 e. The summed E-state index contributed by atoms with van der Waals surface area (Å²) in [6, 6.07) is 0. The number of quaternary nitrogens is 1. The molecule has 0 saturated carbocycles. The molecule has 9 nitrogen and oxygen atoms in total. The van der Waals surface area contributed by atoms with Gasteiger partial charge < -0.3 is 18.9 Å². The van der Waals surface area contributed by atoms with Crippen LogP contribution in [0.25, 0.3) is 0 Å². The van der Waals surface area contributed by atoms with Crippen molar-refractivity contribution in [2.75, 3.05) is 47.5 Å². The molecule has 2 atom stereocenters. The number of rotatable bonds is 68. The molecule has 0 spiro atoms. The molecule has 0 fully saturated rings. The molecule has 88 heavy (non-hydrogen) atoms. The van der Waals surface area contributed by atoms with Crippen LogP contribution in [-0.2, 0) is 32.7 Å². The highest BCUT2D eigenvalue weighted by atomic mass is 31.2. The van der Waals surface area contributed by atoms with Crippen molar-refractivity contribution in [1.82, 2.24) is 0 Å². The van der Waals surface area contributed by atoms with Gasteiger partial charge in [0.1, 0.15) is 19.8 Å². The van der Waals surface area contributed by atoms with E-state index >= 15 is 0 Å². The molecule has 0 aliphatic carbocycles. The van der Waals surface area contributed by atoms with Crippen LogP contribution in [0, 0.1) is 0 Å². The Kier molecular flexibility index (Phi) is 65.9. The molecule has 0 aliphatic heterocycles. The van der Waals surface area contributed by atoms with Gasteiger partial charge >= 0.3 is 19.8 Å². The third-order valence-electron chi connectivity index (χ3n) is 16.1. The molecule has 0 amide bonds. The van der Waals surface area contributed by atoms with Crippen molar-refractivity contribution in [3.05, 3.63) is 97.2 Å². The second-order valence-corrected chi connectivity index (χ2v) is 27.4. The summed E-state index contributed by atoms with van der Waals surface area (Å²) in [7, 11) is 1.48. The van der Waals surface area contributed by atoms with E-state index in [0.717, 1.165) is 89.9 Å². The lowest BCUT2D eigenvalue weighted by Gasteiger charge is -2.24. The number of ether oxygens (including phenoxy) is 2. The van der Waals surface area contributed by atoms with E-state index in [1.807, 2.05) is 21.1 Å². The minimum atomic E-state index is -4.40. The van der Waals surface area contributed by atoms with Gasteiger partial charge in [-0.2, -0.15) is 0 Å². The average molecular weight is 1250 g/mol. The van der Waals surface area contributed by atoms with Gasteiger partial charge in [0.15, 0.2) is 6.10 Å². The number of allylic oxidation sites excluding steroid dienone is 16. The second-order valence-electron chi connectivity index (χ2n) is 25.9. The van der Waals surface area contributed by atoms with E-state index in [1.165, 1.54) is 212 Å². The first-order valence-corrected chi connectivity index (χ1v) is 38.5. The Morgan fingerprint density at radius 2 is 0.648 bits per heavy atom. The molecule has 510 valence electrons. The molecule has 0 radical (unpaired) electrons. The van der Waals surface area contributed by atoms with E-state index in [4.69, 9.17) is 18.5 Å². The van der Waals surface area contributed by atoms with Crippen LogP contribution in [0.4, 0.5) is 0 Å². The molecular formula is C78H141NO8P+. The molecule has 0 bridgehead atoms. The Labute approximate surface area is 544 Å². The summed E-state index contributed by atoms with van der Waals surface area (Å²) in [6.07, 6.45) is 95.3. The average Bonchev–Trinajstić information content (AvgIpc) is 3.58. The lowest BCUT2D eigenvalue weighted by molar-refractivity contribution is -0.870. The van der Waals surface area contributed by atoms with Gasteiger partial charge in [-0.1, -0.05) is 323 Å². The summed E-state index contributed by atoms with van der Waals surface area (Å²) >= 11 is 0. The molecule has 0 saturated heterocycles. The highest BCUT2D eigenvalue weighted by Gasteiger charge is 2.27. The van der Waals surface area contributed by atoms with Crippen LogP contribution in [-0.4, -0.2) is 74.9 Å². The molecule has 0 heterocycles. The minimum Gasteiger partial charge on any atom is -0.462 e. The number of phosphoric acid groups is 1. The molecule has 2 unspecified atom stereocenters. The summed E-state index contributed by atoms with van der Waals surface area (Å²) in [4.78, 5) is 35.9. The van der Waals surface area contributed by atoms with Crippen molar-refractivity contribution < 1.29 is 42.1 Å². The minimum absolute atomic E-state index is 0.0293. The zero-order valence-electron chi connectivity index (χ0n) is 58.2. The van der Waals surface area contributed by atoms with E-state index in [1.54, 1.807) is 0 Å². The standard InChI is InChI=1S/C78H140NO8P/c1-6-8-10-12-14-16-18-20-22-24-26-28-30-31-32-33-34-35-36-37-38-39-40-41-42-43-44-45-46-47-49-51-53-55-57-59-61-63-65-67-69-71-78(81)87-76(75-86-88(82,83)85-73-72-79(3,4)5)74-84-77(80)70-68-66-64-62-60-58-56-54-52-50-48-29-27-25-23-21-19-17-15-13-11-9-7-2/h8,10,14,16,19-22,25-28,31-32,48,50,76H,6-7,9,11-13,15,17-18,23-24,29-30,33-47,49,51-75H2,1-5H3/p+1/b10-8-,16-14-,21-19-,22-20-,27-25-,28-26-,32-31-,50-48-. The van der Waals surface area contributed by atoms with Gasteiger partial charge in [-0.05, 0) is 96.3 Å². The Balaban J connectivity index is 3.94. The second kappa shape index (κ2) is 68.3. The van der Waals surface area contributed by atoms with Gasteiger partial charge in [-0.15, -0.1) is 0 Å². The first kappa shape index (κ1) is 84.9. The van der Waals surface area contributed by atoms with Crippen LogP contribution in [0.15, 0.2) is 97.2 Å². The number of likely N-dealkylation sites (N-methyl/N-ethyl adjacent to an activating group) is 1. The molecule has 0 aromatic heterocycles. The summed E-state index contributed by atoms with van der Waals surface area (Å²) in [6.45, 7) is 4.34. The molecule has 0 aromatic carbocycles. The fourth-order valence-corrected chi connectivity index (χ4v) is 11.2. The highest BCUT2D eigenvalue weighted by Crippen LogP contribution is 2.43. The maximum Gasteiger partial charge on any atom is 0.472 e. The summed E-state index contributed by atoms with van der Waals surface area (Å²) < 4.78 is 34.7. The normalized spacial score (nSPS) is 13.7.